The molecule has 0 amide bonds. The first-order valence-corrected chi connectivity index (χ1v) is 8.37. The number of benzene rings is 1. The van der Waals surface area contributed by atoms with Gasteiger partial charge in [-0.2, -0.15) is 5.26 Å². The van der Waals surface area contributed by atoms with E-state index in [9.17, 15) is 15.5 Å². The van der Waals surface area contributed by atoms with Crippen LogP contribution in [0.4, 0.5) is 5.82 Å². The number of nitrogens with zero attached hydrogens (tertiary/aromatic N) is 2. The number of pyridine rings is 1. The standard InChI is InChI=1S/C18H13N3O3.C2H6/c19-7-14-16(15-4-2-11(8-22)24-15)13-6-9-5-10(23)1-3-12(9)17(13)21-18(14)20;1-2/h1-5,22-23H,6,8H2,(H2,20,21);1-2H3. The quantitative estimate of drug-likeness (QED) is 0.509. The maximum absolute atomic E-state index is 9.71. The van der Waals surface area contributed by atoms with Gasteiger partial charge in [-0.05, 0) is 41.5 Å². The molecule has 0 atom stereocenters. The number of aliphatic hydroxyl groups is 1. The maximum atomic E-state index is 9.71. The fourth-order valence-corrected chi connectivity index (χ4v) is 3.17. The van der Waals surface area contributed by atoms with Gasteiger partial charge in [-0.25, -0.2) is 4.98 Å². The van der Waals surface area contributed by atoms with E-state index in [4.69, 9.17) is 10.2 Å². The van der Waals surface area contributed by atoms with Crippen LogP contribution < -0.4 is 5.73 Å². The molecule has 1 aliphatic rings. The largest absolute Gasteiger partial charge is 0.508 e. The zero-order valence-electron chi connectivity index (χ0n) is 14.6. The third-order valence-corrected chi connectivity index (χ3v) is 4.21. The Morgan fingerprint density at radius 2 is 2.04 bits per heavy atom. The van der Waals surface area contributed by atoms with Gasteiger partial charge in [0.05, 0.1) is 5.69 Å². The summed E-state index contributed by atoms with van der Waals surface area (Å²) in [4.78, 5) is 4.39. The molecular weight excluding hydrogens is 330 g/mol. The Kier molecular flexibility index (Phi) is 4.65. The predicted molar refractivity (Wildman–Crippen MR) is 98.2 cm³/mol. The predicted octanol–water partition coefficient (Wildman–Crippen LogP) is 3.59. The Hall–Kier alpha value is -3.30. The average molecular weight is 349 g/mol. The number of phenols is 1. The minimum Gasteiger partial charge on any atom is -0.508 e. The van der Waals surface area contributed by atoms with Crippen molar-refractivity contribution >= 4 is 5.82 Å². The minimum atomic E-state index is -0.223. The fourth-order valence-electron chi connectivity index (χ4n) is 3.17. The maximum Gasteiger partial charge on any atom is 0.142 e. The van der Waals surface area contributed by atoms with Gasteiger partial charge in [0.25, 0.3) is 0 Å². The van der Waals surface area contributed by atoms with Crippen LogP contribution in [0, 0.1) is 11.3 Å². The molecule has 132 valence electrons. The second-order valence-electron chi connectivity index (χ2n) is 5.63. The van der Waals surface area contributed by atoms with Crippen molar-refractivity contribution in [1.82, 2.24) is 4.98 Å². The molecule has 0 saturated heterocycles. The van der Waals surface area contributed by atoms with Crippen LogP contribution in [0.25, 0.3) is 22.6 Å². The van der Waals surface area contributed by atoms with Crippen LogP contribution in [0.2, 0.25) is 0 Å². The summed E-state index contributed by atoms with van der Waals surface area (Å²) < 4.78 is 5.63. The summed E-state index contributed by atoms with van der Waals surface area (Å²) >= 11 is 0. The summed E-state index contributed by atoms with van der Waals surface area (Å²) in [5.41, 5.74) is 10.2. The summed E-state index contributed by atoms with van der Waals surface area (Å²) in [6, 6.07) is 10.5. The van der Waals surface area contributed by atoms with Crippen molar-refractivity contribution in [3.05, 3.63) is 52.8 Å². The third-order valence-electron chi connectivity index (χ3n) is 4.21. The number of phenolic OH excluding ortho intramolecular Hbond substituents is 1. The summed E-state index contributed by atoms with van der Waals surface area (Å²) in [5.74, 6) is 1.19. The number of furan rings is 1. The molecule has 0 radical (unpaired) electrons. The van der Waals surface area contributed by atoms with Crippen LogP contribution in [-0.4, -0.2) is 15.2 Å². The van der Waals surface area contributed by atoms with Crippen LogP contribution >= 0.6 is 0 Å². The lowest BCUT2D eigenvalue weighted by atomic mass is 9.98. The molecule has 4 N–H and O–H groups in total. The van der Waals surface area contributed by atoms with E-state index in [0.29, 0.717) is 29.2 Å². The van der Waals surface area contributed by atoms with Crippen molar-refractivity contribution in [2.75, 3.05) is 5.73 Å². The number of nitriles is 1. The molecule has 3 aromatic rings. The Bertz CT molecular complexity index is 1020. The summed E-state index contributed by atoms with van der Waals surface area (Å²) in [6.07, 6.45) is 0.519. The van der Waals surface area contributed by atoms with Crippen molar-refractivity contribution in [3.8, 4) is 34.4 Å². The van der Waals surface area contributed by atoms with Gasteiger partial charge in [-0.3, -0.25) is 0 Å². The molecule has 1 aromatic carbocycles. The molecule has 0 saturated carbocycles. The highest BCUT2D eigenvalue weighted by Gasteiger charge is 2.28. The molecule has 0 aliphatic heterocycles. The first-order valence-electron chi connectivity index (χ1n) is 8.37. The number of rotatable bonds is 2. The second-order valence-corrected chi connectivity index (χ2v) is 5.63. The lowest BCUT2D eigenvalue weighted by molar-refractivity contribution is 0.248. The van der Waals surface area contributed by atoms with Gasteiger partial charge in [-0.15, -0.1) is 0 Å². The molecule has 0 fully saturated rings. The van der Waals surface area contributed by atoms with Crippen LogP contribution in [0.15, 0.2) is 34.7 Å². The van der Waals surface area contributed by atoms with Gasteiger partial charge in [0.1, 0.15) is 41.3 Å². The highest BCUT2D eigenvalue weighted by atomic mass is 16.4. The van der Waals surface area contributed by atoms with Crippen LogP contribution in [-0.2, 0) is 13.0 Å². The lowest BCUT2D eigenvalue weighted by Crippen LogP contribution is -2.02. The van der Waals surface area contributed by atoms with Gasteiger partial charge in [0, 0.05) is 17.5 Å². The zero-order chi connectivity index (χ0) is 18.8. The molecule has 6 nitrogen and oxygen atoms in total. The average Bonchev–Trinajstić information content (AvgIpc) is 3.26. The van der Waals surface area contributed by atoms with E-state index in [1.165, 1.54) is 0 Å². The van der Waals surface area contributed by atoms with Crippen molar-refractivity contribution in [3.63, 3.8) is 0 Å². The number of aromatic hydroxyl groups is 1. The van der Waals surface area contributed by atoms with E-state index in [0.717, 1.165) is 16.7 Å². The van der Waals surface area contributed by atoms with Crippen LogP contribution in [0.3, 0.4) is 0 Å². The van der Waals surface area contributed by atoms with E-state index in [-0.39, 0.29) is 23.7 Å². The topological polar surface area (TPSA) is 116 Å². The number of hydrogen-bond donors (Lipinski definition) is 3. The first kappa shape index (κ1) is 17.5. The number of hydrogen-bond acceptors (Lipinski definition) is 6. The van der Waals surface area contributed by atoms with E-state index in [1.54, 1.807) is 30.3 Å². The number of aliphatic hydroxyl groups excluding tert-OH is 1. The SMILES string of the molecule is CC.N#Cc1c(N)nc2c(c1-c1ccc(CO)o1)Cc1cc(O)ccc1-2. The Morgan fingerprint density at radius 3 is 2.69 bits per heavy atom. The fraction of sp³-hybridized carbons (Fsp3) is 0.200. The number of aromatic nitrogens is 1. The van der Waals surface area contributed by atoms with E-state index in [1.807, 2.05) is 13.8 Å². The lowest BCUT2D eigenvalue weighted by Gasteiger charge is -2.10. The monoisotopic (exact) mass is 349 g/mol. The summed E-state index contributed by atoms with van der Waals surface area (Å²) in [6.45, 7) is 3.78. The Balaban J connectivity index is 0.000000948. The molecule has 0 unspecified atom stereocenters. The number of nitrogens with two attached hydrogens (primary N) is 1. The van der Waals surface area contributed by atoms with Crippen LogP contribution in [0.5, 0.6) is 5.75 Å². The number of fused-ring (bicyclic) bond motifs is 3. The molecule has 2 heterocycles. The van der Waals surface area contributed by atoms with Crippen molar-refractivity contribution in [2.45, 2.75) is 26.9 Å². The molecule has 2 aromatic heterocycles. The molecular formula is C20H19N3O3. The highest BCUT2D eigenvalue weighted by Crippen LogP contribution is 2.44. The highest BCUT2D eigenvalue weighted by molar-refractivity contribution is 5.87. The molecule has 26 heavy (non-hydrogen) atoms. The van der Waals surface area contributed by atoms with Crippen molar-refractivity contribution in [2.24, 2.45) is 0 Å². The van der Waals surface area contributed by atoms with E-state index >= 15 is 0 Å². The van der Waals surface area contributed by atoms with Crippen LogP contribution in [0.1, 0.15) is 36.3 Å². The summed E-state index contributed by atoms with van der Waals surface area (Å²) in [7, 11) is 0. The van der Waals surface area contributed by atoms with Gasteiger partial charge >= 0.3 is 0 Å². The van der Waals surface area contributed by atoms with Gasteiger partial charge < -0.3 is 20.4 Å². The van der Waals surface area contributed by atoms with E-state index < -0.39 is 0 Å². The van der Waals surface area contributed by atoms with E-state index in [2.05, 4.69) is 11.1 Å². The van der Waals surface area contributed by atoms with Crippen molar-refractivity contribution in [1.29, 1.82) is 5.26 Å². The molecule has 6 heteroatoms. The molecule has 1 aliphatic carbocycles. The van der Waals surface area contributed by atoms with Gasteiger partial charge in [0.2, 0.25) is 0 Å². The number of anilines is 1. The minimum absolute atomic E-state index is 0.133. The van der Waals surface area contributed by atoms with Crippen molar-refractivity contribution < 1.29 is 14.6 Å². The molecule has 0 bridgehead atoms. The van der Waals surface area contributed by atoms with Gasteiger partial charge in [0.15, 0.2) is 0 Å². The first-order chi connectivity index (χ1) is 12.6. The number of nitrogen functional groups attached to an aromatic ring is 1. The van der Waals surface area contributed by atoms with Gasteiger partial charge in [-0.1, -0.05) is 13.8 Å². The smallest absolute Gasteiger partial charge is 0.142 e. The Labute approximate surface area is 151 Å². The summed E-state index contributed by atoms with van der Waals surface area (Å²) in [5, 5.41) is 28.4. The second kappa shape index (κ2) is 6.90. The molecule has 4 rings (SSSR count). The zero-order valence-corrected chi connectivity index (χ0v) is 14.6. The molecule has 0 spiro atoms. The normalized spacial score (nSPS) is 11.2. The third kappa shape index (κ3) is 2.68. The Morgan fingerprint density at radius 1 is 1.27 bits per heavy atom.